The van der Waals surface area contributed by atoms with E-state index in [0.29, 0.717) is 23.1 Å². The van der Waals surface area contributed by atoms with Gasteiger partial charge in [-0.05, 0) is 53.8 Å². The van der Waals surface area contributed by atoms with Crippen molar-refractivity contribution in [2.24, 2.45) is 0 Å². The van der Waals surface area contributed by atoms with E-state index in [1.165, 1.54) is 0 Å². The number of hydrogen-bond donors (Lipinski definition) is 3. The fourth-order valence-electron chi connectivity index (χ4n) is 4.66. The van der Waals surface area contributed by atoms with E-state index in [0.717, 1.165) is 66.7 Å². The standard InChI is InChI=1S/C27H30ClN7O2/c1-2-3-11-23-30-24(25(28)31-23)22(37-27(36)21-10-7-14-29-21)16-17-12-13-19(18-8-5-4-6-9-18)20(15-17)26-32-34-35-33-26/h4-6,8-9,12-13,15,21-22,29H,2-3,7,10-11,14,16H2,1H3,(H,30,31)(H,32,33,34,35)/t21-,22-/m1/s1. The summed E-state index contributed by atoms with van der Waals surface area (Å²) < 4.78 is 6.06. The van der Waals surface area contributed by atoms with E-state index in [-0.39, 0.29) is 12.0 Å². The summed E-state index contributed by atoms with van der Waals surface area (Å²) in [5.74, 6) is 1.02. The Labute approximate surface area is 220 Å². The zero-order chi connectivity index (χ0) is 25.6. The number of imidazole rings is 1. The van der Waals surface area contributed by atoms with Crippen LogP contribution in [0.2, 0.25) is 5.15 Å². The molecule has 0 unspecified atom stereocenters. The normalized spacial score (nSPS) is 16.1. The van der Waals surface area contributed by atoms with Crippen molar-refractivity contribution in [3.8, 4) is 22.5 Å². The van der Waals surface area contributed by atoms with Crippen LogP contribution in [-0.2, 0) is 22.4 Å². The molecule has 1 fully saturated rings. The summed E-state index contributed by atoms with van der Waals surface area (Å²) in [4.78, 5) is 20.8. The topological polar surface area (TPSA) is 121 Å². The molecule has 0 spiro atoms. The molecule has 0 amide bonds. The van der Waals surface area contributed by atoms with E-state index in [4.69, 9.17) is 16.3 Å². The number of unbranched alkanes of at least 4 members (excludes halogenated alkanes) is 1. The minimum Gasteiger partial charge on any atom is -0.454 e. The molecule has 10 heteroatoms. The highest BCUT2D eigenvalue weighted by atomic mass is 35.5. The van der Waals surface area contributed by atoms with Crippen LogP contribution in [0.5, 0.6) is 0 Å². The average Bonchev–Trinajstić information content (AvgIpc) is 3.70. The fourth-order valence-corrected chi connectivity index (χ4v) is 4.93. The van der Waals surface area contributed by atoms with Crippen molar-refractivity contribution in [3.63, 3.8) is 0 Å². The predicted molar refractivity (Wildman–Crippen MR) is 141 cm³/mol. The summed E-state index contributed by atoms with van der Waals surface area (Å²) in [7, 11) is 0. The Morgan fingerprint density at radius 2 is 2.05 bits per heavy atom. The van der Waals surface area contributed by atoms with Gasteiger partial charge in [-0.2, -0.15) is 5.21 Å². The van der Waals surface area contributed by atoms with Crippen LogP contribution in [0, 0.1) is 0 Å². The number of aryl methyl sites for hydroxylation is 1. The van der Waals surface area contributed by atoms with Crippen molar-refractivity contribution in [1.82, 2.24) is 35.9 Å². The highest BCUT2D eigenvalue weighted by Gasteiger charge is 2.29. The van der Waals surface area contributed by atoms with E-state index in [9.17, 15) is 4.79 Å². The highest BCUT2D eigenvalue weighted by Crippen LogP contribution is 2.34. The van der Waals surface area contributed by atoms with Gasteiger partial charge in [0.15, 0.2) is 5.15 Å². The van der Waals surface area contributed by atoms with Crippen molar-refractivity contribution in [1.29, 1.82) is 0 Å². The molecule has 1 saturated heterocycles. The second kappa shape index (κ2) is 11.7. The fraction of sp³-hybridized carbons (Fsp3) is 0.370. The lowest BCUT2D eigenvalue weighted by molar-refractivity contribution is -0.151. The second-order valence-electron chi connectivity index (χ2n) is 9.25. The molecule has 9 nitrogen and oxygen atoms in total. The van der Waals surface area contributed by atoms with E-state index < -0.39 is 6.10 Å². The van der Waals surface area contributed by atoms with Gasteiger partial charge in [-0.15, -0.1) is 10.2 Å². The van der Waals surface area contributed by atoms with Gasteiger partial charge >= 0.3 is 5.97 Å². The molecule has 2 aromatic carbocycles. The molecule has 0 aliphatic carbocycles. The van der Waals surface area contributed by atoms with Crippen LogP contribution in [-0.4, -0.2) is 49.1 Å². The van der Waals surface area contributed by atoms with Crippen LogP contribution < -0.4 is 5.32 Å². The first kappa shape index (κ1) is 25.1. The highest BCUT2D eigenvalue weighted by molar-refractivity contribution is 6.30. The van der Waals surface area contributed by atoms with Gasteiger partial charge in [-0.25, -0.2) is 4.98 Å². The van der Waals surface area contributed by atoms with Gasteiger partial charge in [0.2, 0.25) is 5.82 Å². The summed E-state index contributed by atoms with van der Waals surface area (Å²) in [5.41, 5.74) is 4.42. The molecule has 2 atom stereocenters. The number of carbonyl (C=O) groups excluding carboxylic acids is 1. The molecular formula is C27H30ClN7O2. The number of benzene rings is 2. The van der Waals surface area contributed by atoms with Crippen molar-refractivity contribution in [2.45, 2.75) is 57.6 Å². The summed E-state index contributed by atoms with van der Waals surface area (Å²) >= 11 is 6.56. The number of esters is 1. The molecule has 3 N–H and O–H groups in total. The van der Waals surface area contributed by atoms with Crippen molar-refractivity contribution in [3.05, 3.63) is 70.8 Å². The molecular weight excluding hydrogens is 490 g/mol. The molecule has 37 heavy (non-hydrogen) atoms. The minimum atomic E-state index is -0.619. The van der Waals surface area contributed by atoms with Crippen LogP contribution in [0.3, 0.4) is 0 Å². The number of nitrogens with one attached hydrogen (secondary N) is 3. The van der Waals surface area contributed by atoms with Crippen LogP contribution in [0.1, 0.15) is 55.8 Å². The van der Waals surface area contributed by atoms with Crippen molar-refractivity contribution in [2.75, 3.05) is 6.54 Å². The van der Waals surface area contributed by atoms with Crippen molar-refractivity contribution >= 4 is 17.6 Å². The lowest BCUT2D eigenvalue weighted by atomic mass is 9.95. The Morgan fingerprint density at radius 1 is 1.19 bits per heavy atom. The Morgan fingerprint density at radius 3 is 2.78 bits per heavy atom. The number of H-pyrrole nitrogens is 2. The molecule has 0 radical (unpaired) electrons. The number of aromatic amines is 2. The lowest BCUT2D eigenvalue weighted by Crippen LogP contribution is -2.33. The number of nitrogens with zero attached hydrogens (tertiary/aromatic N) is 4. The van der Waals surface area contributed by atoms with Gasteiger partial charge in [-0.3, -0.25) is 4.79 Å². The molecule has 1 aliphatic rings. The van der Waals surface area contributed by atoms with Crippen LogP contribution in [0.4, 0.5) is 0 Å². The molecule has 5 rings (SSSR count). The Hall–Kier alpha value is -3.56. The monoisotopic (exact) mass is 519 g/mol. The SMILES string of the molecule is CCCCc1nc(Cl)c([C@@H](Cc2ccc(-c3ccccc3)c(-c3nn[nH]n3)c2)OC(=O)[C@H]2CCCN2)[nH]1. The minimum absolute atomic E-state index is 0.275. The molecule has 3 heterocycles. The number of halogens is 1. The van der Waals surface area contributed by atoms with Crippen molar-refractivity contribution < 1.29 is 9.53 Å². The number of rotatable bonds is 10. The lowest BCUT2D eigenvalue weighted by Gasteiger charge is -2.20. The van der Waals surface area contributed by atoms with E-state index in [2.05, 4.69) is 42.8 Å². The maximum Gasteiger partial charge on any atom is 0.323 e. The van der Waals surface area contributed by atoms with Gasteiger partial charge in [-0.1, -0.05) is 67.4 Å². The number of ether oxygens (including phenoxy) is 1. The zero-order valence-corrected chi connectivity index (χ0v) is 21.5. The zero-order valence-electron chi connectivity index (χ0n) is 20.7. The van der Waals surface area contributed by atoms with Gasteiger partial charge < -0.3 is 15.0 Å². The van der Waals surface area contributed by atoms with Crippen LogP contribution >= 0.6 is 11.6 Å². The Kier molecular flexibility index (Phi) is 7.91. The van der Waals surface area contributed by atoms with Crippen LogP contribution in [0.25, 0.3) is 22.5 Å². The summed E-state index contributed by atoms with van der Waals surface area (Å²) in [6, 6.07) is 15.8. The summed E-state index contributed by atoms with van der Waals surface area (Å²) in [5, 5.41) is 18.3. The van der Waals surface area contributed by atoms with Crippen LogP contribution in [0.15, 0.2) is 48.5 Å². The number of tetrazole rings is 1. The van der Waals surface area contributed by atoms with Gasteiger partial charge in [0, 0.05) is 18.4 Å². The first-order valence-electron chi connectivity index (χ1n) is 12.7. The summed E-state index contributed by atoms with van der Waals surface area (Å²) in [6.07, 6.45) is 4.33. The molecule has 1 aliphatic heterocycles. The largest absolute Gasteiger partial charge is 0.454 e. The van der Waals surface area contributed by atoms with Gasteiger partial charge in [0.05, 0.1) is 5.69 Å². The quantitative estimate of drug-likeness (QED) is 0.256. The smallest absolute Gasteiger partial charge is 0.323 e. The predicted octanol–water partition coefficient (Wildman–Crippen LogP) is 4.83. The van der Waals surface area contributed by atoms with E-state index in [1.807, 2.05) is 48.5 Å². The third kappa shape index (κ3) is 5.89. The Balaban J connectivity index is 1.48. The Bertz CT molecular complexity index is 1320. The average molecular weight is 520 g/mol. The molecule has 0 bridgehead atoms. The molecule has 4 aromatic rings. The third-order valence-corrected chi connectivity index (χ3v) is 6.89. The van der Waals surface area contributed by atoms with E-state index in [1.54, 1.807) is 0 Å². The first-order valence-corrected chi connectivity index (χ1v) is 13.1. The van der Waals surface area contributed by atoms with E-state index >= 15 is 0 Å². The van der Waals surface area contributed by atoms with Gasteiger partial charge in [0.1, 0.15) is 18.0 Å². The second-order valence-corrected chi connectivity index (χ2v) is 9.61. The number of aromatic nitrogens is 6. The van der Waals surface area contributed by atoms with Gasteiger partial charge in [0.25, 0.3) is 0 Å². The maximum atomic E-state index is 13.0. The number of carbonyl (C=O) groups is 1. The number of hydrogen-bond acceptors (Lipinski definition) is 7. The maximum absolute atomic E-state index is 13.0. The molecule has 192 valence electrons. The summed E-state index contributed by atoms with van der Waals surface area (Å²) in [6.45, 7) is 2.94. The molecule has 2 aromatic heterocycles. The third-order valence-electron chi connectivity index (χ3n) is 6.60. The molecule has 0 saturated carbocycles. The first-order chi connectivity index (χ1) is 18.1.